The molecule has 0 unspecified atom stereocenters. The van der Waals surface area contributed by atoms with Gasteiger partial charge in [0.1, 0.15) is 5.52 Å². The second kappa shape index (κ2) is 8.69. The zero-order valence-corrected chi connectivity index (χ0v) is 15.5. The van der Waals surface area contributed by atoms with E-state index in [2.05, 4.69) is 20.8 Å². The van der Waals surface area contributed by atoms with Gasteiger partial charge in [-0.1, -0.05) is 48.5 Å². The standard InChI is InChI=1S/C21H22N6O/c28-14-13-22-11-6-12-23-21-19-18(16-9-4-5-10-17(16)26-27-19)24-20(25-21)15-7-2-1-3-8-15/h1-5,7-10,22,28H,6,11-14H2,(H,23,24,25). The number of benzene rings is 2. The Labute approximate surface area is 162 Å². The number of hydrogen-bond acceptors (Lipinski definition) is 7. The van der Waals surface area contributed by atoms with Gasteiger partial charge in [-0.3, -0.25) is 0 Å². The van der Waals surface area contributed by atoms with Crippen molar-refractivity contribution >= 4 is 27.8 Å². The molecule has 0 saturated carbocycles. The molecule has 2 heterocycles. The lowest BCUT2D eigenvalue weighted by atomic mass is 10.1. The number of aliphatic hydroxyl groups is 1. The minimum atomic E-state index is 0.146. The number of nitrogens with zero attached hydrogens (tertiary/aromatic N) is 4. The molecule has 2 aromatic heterocycles. The number of rotatable bonds is 8. The van der Waals surface area contributed by atoms with Crippen LogP contribution in [0.25, 0.3) is 33.3 Å². The molecule has 28 heavy (non-hydrogen) atoms. The van der Waals surface area contributed by atoms with Gasteiger partial charge in [-0.2, -0.15) is 0 Å². The lowest BCUT2D eigenvalue weighted by molar-refractivity contribution is 0.292. The first kappa shape index (κ1) is 18.2. The summed E-state index contributed by atoms with van der Waals surface area (Å²) in [5, 5.41) is 25.1. The van der Waals surface area contributed by atoms with Crippen molar-refractivity contribution in [3.63, 3.8) is 0 Å². The highest BCUT2D eigenvalue weighted by Crippen LogP contribution is 2.27. The number of aliphatic hydroxyl groups excluding tert-OH is 1. The van der Waals surface area contributed by atoms with Crippen LogP contribution in [0.1, 0.15) is 6.42 Å². The van der Waals surface area contributed by atoms with E-state index >= 15 is 0 Å². The van der Waals surface area contributed by atoms with Crippen molar-refractivity contribution in [2.24, 2.45) is 0 Å². The van der Waals surface area contributed by atoms with Crippen molar-refractivity contribution in [3.05, 3.63) is 54.6 Å². The van der Waals surface area contributed by atoms with Gasteiger partial charge in [-0.15, -0.1) is 10.2 Å². The summed E-state index contributed by atoms with van der Waals surface area (Å²) in [6, 6.07) is 17.8. The topological polar surface area (TPSA) is 95.8 Å². The number of aromatic nitrogens is 4. The van der Waals surface area contributed by atoms with Gasteiger partial charge in [-0.25, -0.2) is 9.97 Å². The van der Waals surface area contributed by atoms with E-state index in [9.17, 15) is 0 Å². The molecule has 0 aliphatic heterocycles. The first-order valence-electron chi connectivity index (χ1n) is 9.41. The largest absolute Gasteiger partial charge is 0.395 e. The second-order valence-electron chi connectivity index (χ2n) is 6.43. The molecule has 0 bridgehead atoms. The van der Waals surface area contributed by atoms with E-state index in [1.807, 2.05) is 54.6 Å². The van der Waals surface area contributed by atoms with Gasteiger partial charge in [0.2, 0.25) is 0 Å². The van der Waals surface area contributed by atoms with Crippen molar-refractivity contribution in [2.75, 3.05) is 31.6 Å². The van der Waals surface area contributed by atoms with E-state index in [0.717, 1.165) is 41.5 Å². The fraction of sp³-hybridized carbons (Fsp3) is 0.238. The first-order chi connectivity index (χ1) is 13.9. The van der Waals surface area contributed by atoms with E-state index in [-0.39, 0.29) is 6.61 Å². The molecule has 0 aliphatic carbocycles. The van der Waals surface area contributed by atoms with Crippen LogP contribution in [0, 0.1) is 0 Å². The molecule has 0 saturated heterocycles. The predicted octanol–water partition coefficient (Wildman–Crippen LogP) is 2.62. The fourth-order valence-electron chi connectivity index (χ4n) is 3.07. The molecule has 2 aromatic carbocycles. The highest BCUT2D eigenvalue weighted by Gasteiger charge is 2.13. The Balaban J connectivity index is 1.73. The lowest BCUT2D eigenvalue weighted by Gasteiger charge is -2.11. The van der Waals surface area contributed by atoms with Crippen LogP contribution >= 0.6 is 0 Å². The highest BCUT2D eigenvalue weighted by molar-refractivity contribution is 6.04. The molecule has 3 N–H and O–H groups in total. The van der Waals surface area contributed by atoms with E-state index < -0.39 is 0 Å². The molecule has 0 fully saturated rings. The summed E-state index contributed by atoms with van der Waals surface area (Å²) in [6.07, 6.45) is 0.896. The van der Waals surface area contributed by atoms with Crippen molar-refractivity contribution in [3.8, 4) is 11.4 Å². The summed E-state index contributed by atoms with van der Waals surface area (Å²) in [6.45, 7) is 2.29. The van der Waals surface area contributed by atoms with Gasteiger partial charge in [-0.05, 0) is 19.0 Å². The van der Waals surface area contributed by atoms with Crippen LogP contribution in [0.5, 0.6) is 0 Å². The highest BCUT2D eigenvalue weighted by atomic mass is 16.3. The maximum Gasteiger partial charge on any atom is 0.162 e. The van der Waals surface area contributed by atoms with Gasteiger partial charge in [0.05, 0.1) is 12.1 Å². The molecular formula is C21H22N6O. The van der Waals surface area contributed by atoms with Crippen LogP contribution in [0.3, 0.4) is 0 Å². The van der Waals surface area contributed by atoms with Crippen LogP contribution < -0.4 is 10.6 Å². The van der Waals surface area contributed by atoms with Crippen molar-refractivity contribution in [1.29, 1.82) is 0 Å². The minimum Gasteiger partial charge on any atom is -0.395 e. The predicted molar refractivity (Wildman–Crippen MR) is 111 cm³/mol. The Morgan fingerprint density at radius 2 is 1.61 bits per heavy atom. The van der Waals surface area contributed by atoms with Crippen LogP contribution in [-0.4, -0.2) is 51.5 Å². The van der Waals surface area contributed by atoms with Crippen LogP contribution in [0.15, 0.2) is 54.6 Å². The maximum absolute atomic E-state index is 8.83. The van der Waals surface area contributed by atoms with Crippen LogP contribution in [0.2, 0.25) is 0 Å². The number of anilines is 1. The van der Waals surface area contributed by atoms with Gasteiger partial charge >= 0.3 is 0 Å². The summed E-state index contributed by atoms with van der Waals surface area (Å²) in [5.41, 5.74) is 3.23. The summed E-state index contributed by atoms with van der Waals surface area (Å²) in [4.78, 5) is 9.54. The molecule has 0 radical (unpaired) electrons. The quantitative estimate of drug-likeness (QED) is 0.322. The van der Waals surface area contributed by atoms with Crippen molar-refractivity contribution in [2.45, 2.75) is 6.42 Å². The Morgan fingerprint density at radius 3 is 2.46 bits per heavy atom. The van der Waals surface area contributed by atoms with Gasteiger partial charge < -0.3 is 15.7 Å². The van der Waals surface area contributed by atoms with Crippen LogP contribution in [-0.2, 0) is 0 Å². The van der Waals surface area contributed by atoms with Crippen molar-refractivity contribution < 1.29 is 5.11 Å². The molecule has 0 spiro atoms. The first-order valence-corrected chi connectivity index (χ1v) is 9.41. The molecule has 0 amide bonds. The SMILES string of the molecule is OCCNCCCNc1nc(-c2ccccc2)nc2c1nnc1ccccc12. The van der Waals surface area contributed by atoms with E-state index in [0.29, 0.717) is 23.7 Å². The number of fused-ring (bicyclic) bond motifs is 3. The van der Waals surface area contributed by atoms with E-state index in [4.69, 9.17) is 15.1 Å². The zero-order valence-electron chi connectivity index (χ0n) is 15.5. The third kappa shape index (κ3) is 3.90. The molecule has 0 atom stereocenters. The third-order valence-electron chi connectivity index (χ3n) is 4.44. The Morgan fingerprint density at radius 1 is 0.786 bits per heavy atom. The Kier molecular flexibility index (Phi) is 5.65. The molecule has 4 rings (SSSR count). The average Bonchev–Trinajstić information content (AvgIpc) is 2.76. The zero-order chi connectivity index (χ0) is 19.2. The summed E-state index contributed by atoms with van der Waals surface area (Å²) in [7, 11) is 0. The lowest BCUT2D eigenvalue weighted by Crippen LogP contribution is -2.21. The Hall–Kier alpha value is -3.16. The molecular weight excluding hydrogens is 352 g/mol. The number of hydrogen-bond donors (Lipinski definition) is 3. The molecule has 7 heteroatoms. The molecule has 0 aliphatic rings. The summed E-state index contributed by atoms with van der Waals surface area (Å²) < 4.78 is 0. The Bertz CT molecular complexity index is 1070. The molecule has 142 valence electrons. The van der Waals surface area contributed by atoms with Gasteiger partial charge in [0.25, 0.3) is 0 Å². The normalized spacial score (nSPS) is 11.2. The van der Waals surface area contributed by atoms with Crippen LogP contribution in [0.4, 0.5) is 5.82 Å². The molecule has 7 nitrogen and oxygen atoms in total. The fourth-order valence-corrected chi connectivity index (χ4v) is 3.07. The summed E-state index contributed by atoms with van der Waals surface area (Å²) >= 11 is 0. The van der Waals surface area contributed by atoms with Gasteiger partial charge in [0.15, 0.2) is 17.2 Å². The average molecular weight is 374 g/mol. The van der Waals surface area contributed by atoms with Crippen molar-refractivity contribution in [1.82, 2.24) is 25.5 Å². The third-order valence-corrected chi connectivity index (χ3v) is 4.44. The van der Waals surface area contributed by atoms with E-state index in [1.54, 1.807) is 0 Å². The summed E-state index contributed by atoms with van der Waals surface area (Å²) in [5.74, 6) is 1.34. The monoisotopic (exact) mass is 374 g/mol. The minimum absolute atomic E-state index is 0.146. The van der Waals surface area contributed by atoms with E-state index in [1.165, 1.54) is 0 Å². The smallest absolute Gasteiger partial charge is 0.162 e. The maximum atomic E-state index is 8.83. The molecule has 4 aromatic rings. The van der Waals surface area contributed by atoms with Gasteiger partial charge in [0, 0.05) is 24.0 Å². The number of nitrogens with one attached hydrogen (secondary N) is 2. The second-order valence-corrected chi connectivity index (χ2v) is 6.43.